The molecule has 8 heteroatoms. The molecule has 0 aliphatic carbocycles. The first-order chi connectivity index (χ1) is 15.4. The van der Waals surface area contributed by atoms with Crippen LogP contribution in [0.15, 0.2) is 54.6 Å². The Morgan fingerprint density at radius 1 is 1.03 bits per heavy atom. The van der Waals surface area contributed by atoms with Gasteiger partial charge in [-0.05, 0) is 32.0 Å². The van der Waals surface area contributed by atoms with Gasteiger partial charge in [-0.3, -0.25) is 29.4 Å². The first kappa shape index (κ1) is 20.4. The fourth-order valence-electron chi connectivity index (χ4n) is 5.43. The van der Waals surface area contributed by atoms with Crippen molar-refractivity contribution in [2.75, 3.05) is 23.0 Å². The van der Waals surface area contributed by atoms with Gasteiger partial charge in [0.25, 0.3) is 5.91 Å². The summed E-state index contributed by atoms with van der Waals surface area (Å²) in [5, 5.41) is 3.29. The average molecular weight is 433 g/mol. The molecule has 0 saturated carbocycles. The van der Waals surface area contributed by atoms with Crippen LogP contribution < -0.4 is 15.1 Å². The summed E-state index contributed by atoms with van der Waals surface area (Å²) in [5.74, 6) is -3.29. The Bertz CT molecular complexity index is 1130. The quantitative estimate of drug-likeness (QED) is 0.581. The number of amides is 3. The van der Waals surface area contributed by atoms with Crippen LogP contribution in [0.2, 0.25) is 0 Å². The number of fused-ring (bicyclic) bond motifs is 4. The number of para-hydroxylation sites is 2. The van der Waals surface area contributed by atoms with Crippen molar-refractivity contribution in [1.82, 2.24) is 5.32 Å². The summed E-state index contributed by atoms with van der Waals surface area (Å²) >= 11 is 0. The Kier molecular flexibility index (Phi) is 4.63. The van der Waals surface area contributed by atoms with Gasteiger partial charge in [0.05, 0.1) is 24.1 Å². The van der Waals surface area contributed by atoms with Crippen molar-refractivity contribution in [2.45, 2.75) is 25.4 Å². The molecule has 2 aromatic carbocycles. The highest BCUT2D eigenvalue weighted by atomic mass is 16.5. The molecule has 0 unspecified atom stereocenters. The second kappa shape index (κ2) is 7.27. The lowest BCUT2D eigenvalue weighted by Crippen LogP contribution is -2.55. The molecule has 32 heavy (non-hydrogen) atoms. The largest absolute Gasteiger partial charge is 0.465 e. The first-order valence-electron chi connectivity index (χ1n) is 10.7. The molecule has 8 nitrogen and oxygen atoms in total. The van der Waals surface area contributed by atoms with E-state index in [0.29, 0.717) is 16.9 Å². The van der Waals surface area contributed by atoms with Gasteiger partial charge in [0.1, 0.15) is 12.1 Å². The zero-order chi connectivity index (χ0) is 22.6. The Morgan fingerprint density at radius 2 is 1.72 bits per heavy atom. The number of carbonyl (C=O) groups excluding carboxylic acids is 4. The van der Waals surface area contributed by atoms with E-state index in [-0.39, 0.29) is 19.1 Å². The van der Waals surface area contributed by atoms with Gasteiger partial charge in [0, 0.05) is 17.3 Å². The molecule has 1 N–H and O–H groups in total. The molecule has 3 amide bonds. The van der Waals surface area contributed by atoms with E-state index in [4.69, 9.17) is 4.74 Å². The van der Waals surface area contributed by atoms with Crippen LogP contribution in [0.3, 0.4) is 0 Å². The zero-order valence-electron chi connectivity index (χ0n) is 17.8. The van der Waals surface area contributed by atoms with Gasteiger partial charge in [-0.2, -0.15) is 0 Å². The van der Waals surface area contributed by atoms with E-state index in [0.717, 1.165) is 0 Å². The number of hydrogen-bond donors (Lipinski definition) is 1. The number of hydrogen-bond acceptors (Lipinski definition) is 6. The summed E-state index contributed by atoms with van der Waals surface area (Å²) in [6.45, 7) is 3.46. The molecule has 3 heterocycles. The normalized spacial score (nSPS) is 28.4. The predicted octanol–water partition coefficient (Wildman–Crippen LogP) is 1.59. The third-order valence-electron chi connectivity index (χ3n) is 6.62. The van der Waals surface area contributed by atoms with Crippen molar-refractivity contribution in [3.63, 3.8) is 0 Å². The maximum Gasteiger partial charge on any atom is 0.326 e. The second-order valence-electron chi connectivity index (χ2n) is 8.31. The summed E-state index contributed by atoms with van der Waals surface area (Å²) < 4.78 is 5.06. The monoisotopic (exact) mass is 433 g/mol. The number of esters is 1. The van der Waals surface area contributed by atoms with Crippen LogP contribution in [0.5, 0.6) is 0 Å². The minimum Gasteiger partial charge on any atom is -0.465 e. The van der Waals surface area contributed by atoms with Crippen molar-refractivity contribution in [3.8, 4) is 0 Å². The molecule has 5 rings (SSSR count). The Hall–Kier alpha value is -3.52. The number of rotatable bonds is 4. The van der Waals surface area contributed by atoms with Gasteiger partial charge >= 0.3 is 5.97 Å². The molecule has 2 aromatic rings. The van der Waals surface area contributed by atoms with Crippen LogP contribution in [0.25, 0.3) is 0 Å². The van der Waals surface area contributed by atoms with Crippen LogP contribution >= 0.6 is 0 Å². The number of anilines is 2. The summed E-state index contributed by atoms with van der Waals surface area (Å²) in [7, 11) is 0. The van der Waals surface area contributed by atoms with Crippen molar-refractivity contribution in [3.05, 3.63) is 60.2 Å². The highest BCUT2D eigenvalue weighted by Crippen LogP contribution is 2.54. The number of imide groups is 1. The maximum absolute atomic E-state index is 13.9. The lowest BCUT2D eigenvalue weighted by Gasteiger charge is -2.30. The molecule has 3 aliphatic heterocycles. The van der Waals surface area contributed by atoms with Crippen molar-refractivity contribution < 1.29 is 23.9 Å². The van der Waals surface area contributed by atoms with E-state index in [1.807, 2.05) is 13.0 Å². The fourth-order valence-corrected chi connectivity index (χ4v) is 5.43. The molecule has 164 valence electrons. The lowest BCUT2D eigenvalue weighted by atomic mass is 9.76. The van der Waals surface area contributed by atoms with Crippen molar-refractivity contribution in [1.29, 1.82) is 0 Å². The SMILES string of the molecule is CCOC(=O)CN1C(=O)[C@]2(N[C@H](C)[C@@H]3C(=O)N(c4ccccc4)C(=O)[C@H]32)c2ccccc21. The molecular formula is C24H23N3O5. The van der Waals surface area contributed by atoms with Gasteiger partial charge in [-0.25, -0.2) is 4.90 Å². The summed E-state index contributed by atoms with van der Waals surface area (Å²) in [5.41, 5.74) is 0.221. The molecular weight excluding hydrogens is 410 g/mol. The van der Waals surface area contributed by atoms with Crippen molar-refractivity contribution in [2.24, 2.45) is 11.8 Å². The molecule has 2 fully saturated rings. The topological polar surface area (TPSA) is 96.0 Å². The number of nitrogens with one attached hydrogen (secondary N) is 1. The molecule has 4 atom stereocenters. The molecule has 0 aromatic heterocycles. The van der Waals surface area contributed by atoms with E-state index in [1.165, 1.54) is 9.80 Å². The first-order valence-corrected chi connectivity index (χ1v) is 10.7. The third-order valence-corrected chi connectivity index (χ3v) is 6.62. The third kappa shape index (κ3) is 2.59. The minimum atomic E-state index is -1.41. The Labute approximate surface area is 185 Å². The maximum atomic E-state index is 13.9. The van der Waals surface area contributed by atoms with E-state index in [2.05, 4.69) is 5.32 Å². The Balaban J connectivity index is 1.62. The average Bonchev–Trinajstić information content (AvgIpc) is 3.33. The van der Waals surface area contributed by atoms with Gasteiger partial charge in [-0.15, -0.1) is 0 Å². The van der Waals surface area contributed by atoms with E-state index in [9.17, 15) is 19.2 Å². The standard InChI is InChI=1S/C24H23N3O5/c1-3-32-18(28)13-26-17-12-8-7-11-16(17)24(23(26)31)20-19(14(2)25-24)21(29)27(22(20)30)15-9-5-4-6-10-15/h4-12,14,19-20,25H,3,13H2,1-2H3/t14-,19+,20+,24+/m1/s1. The zero-order valence-corrected chi connectivity index (χ0v) is 17.8. The van der Waals surface area contributed by atoms with Crippen LogP contribution in [-0.2, 0) is 29.5 Å². The van der Waals surface area contributed by atoms with Crippen LogP contribution in [-0.4, -0.2) is 42.9 Å². The van der Waals surface area contributed by atoms with Crippen LogP contribution in [0.4, 0.5) is 11.4 Å². The van der Waals surface area contributed by atoms with E-state index < -0.39 is 41.2 Å². The van der Waals surface area contributed by atoms with Crippen molar-refractivity contribution >= 4 is 35.1 Å². The summed E-state index contributed by atoms with van der Waals surface area (Å²) in [6.07, 6.45) is 0. The van der Waals surface area contributed by atoms with E-state index in [1.54, 1.807) is 55.5 Å². The lowest BCUT2D eigenvalue weighted by molar-refractivity contribution is -0.142. The molecule has 0 radical (unpaired) electrons. The predicted molar refractivity (Wildman–Crippen MR) is 116 cm³/mol. The van der Waals surface area contributed by atoms with Gasteiger partial charge < -0.3 is 4.74 Å². The van der Waals surface area contributed by atoms with Gasteiger partial charge in [0.15, 0.2) is 0 Å². The summed E-state index contributed by atoms with van der Waals surface area (Å²) in [4.78, 5) is 55.7. The summed E-state index contributed by atoms with van der Waals surface area (Å²) in [6, 6.07) is 15.4. The highest BCUT2D eigenvalue weighted by Gasteiger charge is 2.71. The molecule has 2 saturated heterocycles. The van der Waals surface area contributed by atoms with Gasteiger partial charge in [-0.1, -0.05) is 36.4 Å². The number of nitrogens with zero attached hydrogens (tertiary/aromatic N) is 2. The number of carbonyl (C=O) groups is 4. The van der Waals surface area contributed by atoms with Crippen LogP contribution in [0.1, 0.15) is 19.4 Å². The van der Waals surface area contributed by atoms with Gasteiger partial charge in [0.2, 0.25) is 11.8 Å². The fraction of sp³-hybridized carbons (Fsp3) is 0.333. The smallest absolute Gasteiger partial charge is 0.326 e. The molecule has 3 aliphatic rings. The van der Waals surface area contributed by atoms with Crippen LogP contribution in [0, 0.1) is 11.8 Å². The molecule has 1 spiro atoms. The molecule has 0 bridgehead atoms. The minimum absolute atomic E-state index is 0.201. The second-order valence-corrected chi connectivity index (χ2v) is 8.31. The number of ether oxygens (including phenoxy) is 1. The number of benzene rings is 2. The van der Waals surface area contributed by atoms with E-state index >= 15 is 0 Å². The Morgan fingerprint density at radius 3 is 2.44 bits per heavy atom. The highest BCUT2D eigenvalue weighted by molar-refractivity contribution is 6.26.